The number of rotatable bonds is 4. The zero-order valence-corrected chi connectivity index (χ0v) is 13.5. The van der Waals surface area contributed by atoms with Gasteiger partial charge in [0.05, 0.1) is 21.5 Å². The van der Waals surface area contributed by atoms with Crippen molar-refractivity contribution >= 4 is 44.2 Å². The lowest BCUT2D eigenvalue weighted by molar-refractivity contribution is 0.0697. The lowest BCUT2D eigenvalue weighted by Gasteiger charge is -2.00. The molecular formula is C16H13N5O2S. The summed E-state index contributed by atoms with van der Waals surface area (Å²) in [5.74, 6) is -0.539. The minimum atomic E-state index is -0.967. The van der Waals surface area contributed by atoms with Crippen molar-refractivity contribution in [2.45, 2.75) is 6.92 Å². The second-order valence-corrected chi connectivity index (χ2v) is 5.83. The molecule has 0 amide bonds. The summed E-state index contributed by atoms with van der Waals surface area (Å²) in [5, 5.41) is 21.6. The Morgan fingerprint density at radius 3 is 2.62 bits per heavy atom. The molecule has 3 aromatic rings. The molecule has 0 aliphatic rings. The van der Waals surface area contributed by atoms with Crippen LogP contribution in [0.4, 0.5) is 10.8 Å². The van der Waals surface area contributed by atoms with E-state index in [1.54, 1.807) is 19.1 Å². The van der Waals surface area contributed by atoms with Crippen molar-refractivity contribution in [3.63, 3.8) is 0 Å². The van der Waals surface area contributed by atoms with Crippen molar-refractivity contribution in [2.75, 3.05) is 5.43 Å². The molecule has 2 aromatic carbocycles. The van der Waals surface area contributed by atoms with Crippen LogP contribution in [0.1, 0.15) is 17.3 Å². The highest BCUT2D eigenvalue weighted by Crippen LogP contribution is 2.27. The van der Waals surface area contributed by atoms with E-state index in [1.165, 1.54) is 23.5 Å². The van der Waals surface area contributed by atoms with Gasteiger partial charge in [-0.05, 0) is 43.3 Å². The first-order valence-electron chi connectivity index (χ1n) is 7.03. The van der Waals surface area contributed by atoms with Crippen LogP contribution in [0.2, 0.25) is 0 Å². The number of fused-ring (bicyclic) bond motifs is 1. The van der Waals surface area contributed by atoms with Gasteiger partial charge < -0.3 is 5.11 Å². The summed E-state index contributed by atoms with van der Waals surface area (Å²) in [6.45, 7) is 1.70. The van der Waals surface area contributed by atoms with Crippen molar-refractivity contribution < 1.29 is 9.90 Å². The second kappa shape index (κ2) is 6.97. The number of thiazole rings is 1. The number of amidine groups is 1. The summed E-state index contributed by atoms with van der Waals surface area (Å²) in [7, 11) is 0. The van der Waals surface area contributed by atoms with Gasteiger partial charge in [0.15, 0.2) is 5.84 Å². The molecule has 0 bridgehead atoms. The molecule has 120 valence electrons. The van der Waals surface area contributed by atoms with E-state index in [1.807, 2.05) is 24.3 Å². The third-order valence-corrected chi connectivity index (χ3v) is 3.96. The lowest BCUT2D eigenvalue weighted by Crippen LogP contribution is -1.97. The number of hydrazone groups is 1. The third-order valence-electron chi connectivity index (χ3n) is 3.04. The smallest absolute Gasteiger partial charge is 0.335 e. The van der Waals surface area contributed by atoms with E-state index in [0.717, 1.165) is 10.2 Å². The standard InChI is InChI=1S/C16H13N5O2S/c1-10(18-20-12-8-6-11(7-9-12)15(22)23)19-21-16-17-13-4-2-3-5-14(13)24-16/h2-9,20H,1H3,(H,22,23). The summed E-state index contributed by atoms with van der Waals surface area (Å²) in [4.78, 5) is 15.1. The van der Waals surface area contributed by atoms with E-state index in [0.29, 0.717) is 16.7 Å². The van der Waals surface area contributed by atoms with Gasteiger partial charge in [0.1, 0.15) is 0 Å². The number of aromatic nitrogens is 1. The molecule has 0 fully saturated rings. The fourth-order valence-corrected chi connectivity index (χ4v) is 2.66. The van der Waals surface area contributed by atoms with E-state index < -0.39 is 5.97 Å². The van der Waals surface area contributed by atoms with Crippen molar-refractivity contribution in [2.24, 2.45) is 15.3 Å². The molecule has 8 heteroatoms. The van der Waals surface area contributed by atoms with Crippen LogP contribution in [0.3, 0.4) is 0 Å². The Bertz CT molecular complexity index is 898. The Hall–Kier alpha value is -3.13. The monoisotopic (exact) mass is 339 g/mol. The Morgan fingerprint density at radius 1 is 1.17 bits per heavy atom. The molecule has 0 aliphatic heterocycles. The van der Waals surface area contributed by atoms with E-state index in [9.17, 15) is 4.79 Å². The van der Waals surface area contributed by atoms with Crippen LogP contribution in [0.5, 0.6) is 0 Å². The summed E-state index contributed by atoms with van der Waals surface area (Å²) >= 11 is 1.46. The second-order valence-electron chi connectivity index (χ2n) is 4.82. The topological polar surface area (TPSA) is 99.3 Å². The zero-order chi connectivity index (χ0) is 16.9. The molecule has 0 saturated carbocycles. The van der Waals surface area contributed by atoms with Gasteiger partial charge in [-0.2, -0.15) is 5.10 Å². The highest BCUT2D eigenvalue weighted by molar-refractivity contribution is 7.21. The molecule has 24 heavy (non-hydrogen) atoms. The minimum Gasteiger partial charge on any atom is -0.478 e. The van der Waals surface area contributed by atoms with Crippen LogP contribution in [-0.2, 0) is 0 Å². The molecule has 3 rings (SSSR count). The number of hydrogen-bond acceptors (Lipinski definition) is 6. The SMILES string of the molecule is CC(N=Nc1nc2ccccc2s1)=NNc1ccc(C(=O)O)cc1. The Balaban J connectivity index is 1.66. The predicted octanol–water partition coefficient (Wildman–Crippen LogP) is 4.52. The first-order chi connectivity index (χ1) is 11.6. The number of benzene rings is 2. The number of para-hydroxylation sites is 1. The molecule has 0 saturated heterocycles. The highest BCUT2D eigenvalue weighted by Gasteiger charge is 2.02. The summed E-state index contributed by atoms with van der Waals surface area (Å²) in [5.41, 5.74) is 4.57. The molecule has 1 heterocycles. The van der Waals surface area contributed by atoms with Gasteiger partial charge in [-0.15, -0.1) is 10.2 Å². The number of aromatic carboxylic acids is 1. The molecular weight excluding hydrogens is 326 g/mol. The third kappa shape index (κ3) is 3.79. The summed E-state index contributed by atoms with van der Waals surface area (Å²) in [6, 6.07) is 14.0. The highest BCUT2D eigenvalue weighted by atomic mass is 32.1. The van der Waals surface area contributed by atoms with Crippen LogP contribution in [0.25, 0.3) is 10.2 Å². The van der Waals surface area contributed by atoms with Gasteiger partial charge in [0.2, 0.25) is 5.13 Å². The van der Waals surface area contributed by atoms with Crippen LogP contribution in [0.15, 0.2) is 63.9 Å². The minimum absolute atomic E-state index is 0.219. The normalized spacial score (nSPS) is 12.0. The number of hydrogen-bond donors (Lipinski definition) is 2. The largest absolute Gasteiger partial charge is 0.478 e. The summed E-state index contributed by atoms with van der Waals surface area (Å²) < 4.78 is 1.05. The number of nitrogens with zero attached hydrogens (tertiary/aromatic N) is 4. The van der Waals surface area contributed by atoms with Crippen LogP contribution >= 0.6 is 11.3 Å². The molecule has 0 aliphatic carbocycles. The fourth-order valence-electron chi connectivity index (χ4n) is 1.87. The predicted molar refractivity (Wildman–Crippen MR) is 94.3 cm³/mol. The maximum atomic E-state index is 10.8. The molecule has 0 spiro atoms. The van der Waals surface area contributed by atoms with E-state index >= 15 is 0 Å². The van der Waals surface area contributed by atoms with Gasteiger partial charge in [0.25, 0.3) is 0 Å². The van der Waals surface area contributed by atoms with Gasteiger partial charge >= 0.3 is 5.97 Å². The van der Waals surface area contributed by atoms with Crippen molar-refractivity contribution in [3.8, 4) is 0 Å². The number of anilines is 1. The molecule has 0 unspecified atom stereocenters. The first-order valence-corrected chi connectivity index (χ1v) is 7.84. The molecule has 2 N–H and O–H groups in total. The molecule has 0 atom stereocenters. The van der Waals surface area contributed by atoms with Gasteiger partial charge in [0, 0.05) is 0 Å². The first kappa shape index (κ1) is 15.8. The number of carbonyl (C=O) groups is 1. The molecule has 7 nitrogen and oxygen atoms in total. The Kier molecular flexibility index (Phi) is 4.57. The van der Waals surface area contributed by atoms with E-state index in [-0.39, 0.29) is 5.56 Å². The van der Waals surface area contributed by atoms with Crippen molar-refractivity contribution in [1.29, 1.82) is 0 Å². The molecule has 1 aromatic heterocycles. The van der Waals surface area contributed by atoms with E-state index in [4.69, 9.17) is 5.11 Å². The van der Waals surface area contributed by atoms with Gasteiger partial charge in [-0.3, -0.25) is 5.43 Å². The van der Waals surface area contributed by atoms with Crippen molar-refractivity contribution in [3.05, 3.63) is 54.1 Å². The van der Waals surface area contributed by atoms with Gasteiger partial charge in [-0.1, -0.05) is 23.5 Å². The number of nitrogens with one attached hydrogen (secondary N) is 1. The van der Waals surface area contributed by atoms with Crippen LogP contribution < -0.4 is 5.43 Å². The Morgan fingerprint density at radius 2 is 1.92 bits per heavy atom. The van der Waals surface area contributed by atoms with Crippen molar-refractivity contribution in [1.82, 2.24) is 4.98 Å². The van der Waals surface area contributed by atoms with E-state index in [2.05, 4.69) is 25.7 Å². The Labute approximate surface area is 141 Å². The van der Waals surface area contributed by atoms with Crippen LogP contribution in [0, 0.1) is 0 Å². The average molecular weight is 339 g/mol. The fraction of sp³-hybridized carbons (Fsp3) is 0.0625. The van der Waals surface area contributed by atoms with Gasteiger partial charge in [-0.25, -0.2) is 9.78 Å². The number of carboxylic acids is 1. The quantitative estimate of drug-likeness (QED) is 0.316. The number of azo groups is 1. The lowest BCUT2D eigenvalue weighted by atomic mass is 10.2. The maximum absolute atomic E-state index is 10.8. The summed E-state index contributed by atoms with van der Waals surface area (Å²) in [6.07, 6.45) is 0. The zero-order valence-electron chi connectivity index (χ0n) is 12.7. The average Bonchev–Trinajstić information content (AvgIpc) is 3.01. The molecule has 0 radical (unpaired) electrons. The van der Waals surface area contributed by atoms with Crippen LogP contribution in [-0.4, -0.2) is 21.9 Å². The maximum Gasteiger partial charge on any atom is 0.335 e. The number of carboxylic acid groups (broad SMARTS) is 1.